The first kappa shape index (κ1) is 14.6. The van der Waals surface area contributed by atoms with Gasteiger partial charge in [-0.05, 0) is 42.5 Å². The van der Waals surface area contributed by atoms with Crippen molar-refractivity contribution in [3.8, 4) is 0 Å². The zero-order valence-electron chi connectivity index (χ0n) is 12.9. The van der Waals surface area contributed by atoms with Crippen LogP contribution < -0.4 is 10.6 Å². The van der Waals surface area contributed by atoms with Crippen molar-refractivity contribution in [1.82, 2.24) is 5.32 Å². The summed E-state index contributed by atoms with van der Waals surface area (Å²) in [6, 6.07) is 18.3. The molecule has 1 fully saturated rings. The number of carbonyl (C=O) groups is 1. The molecule has 0 bridgehead atoms. The molecule has 2 N–H and O–H groups in total. The second-order valence-electron chi connectivity index (χ2n) is 6.00. The van der Waals surface area contributed by atoms with E-state index in [2.05, 4.69) is 41.8 Å². The molecule has 0 spiro atoms. The monoisotopic (exact) mass is 294 g/mol. The molecule has 0 heterocycles. The van der Waals surface area contributed by atoms with Gasteiger partial charge < -0.3 is 10.6 Å². The highest BCUT2D eigenvalue weighted by atomic mass is 16.2. The van der Waals surface area contributed by atoms with Crippen molar-refractivity contribution in [2.45, 2.75) is 31.6 Å². The van der Waals surface area contributed by atoms with E-state index in [1.54, 1.807) is 0 Å². The Morgan fingerprint density at radius 3 is 2.32 bits per heavy atom. The predicted octanol–water partition coefficient (Wildman–Crippen LogP) is 4.10. The summed E-state index contributed by atoms with van der Waals surface area (Å²) in [4.78, 5) is 12.1. The first-order valence-corrected chi connectivity index (χ1v) is 7.91. The number of anilines is 1. The fourth-order valence-electron chi connectivity index (χ4n) is 2.76. The number of aryl methyl sites for hydroxylation is 1. The van der Waals surface area contributed by atoms with Crippen molar-refractivity contribution in [2.75, 3.05) is 11.9 Å². The van der Waals surface area contributed by atoms with Crippen LogP contribution in [0.25, 0.3) is 0 Å². The fourth-order valence-corrected chi connectivity index (χ4v) is 2.76. The van der Waals surface area contributed by atoms with Crippen molar-refractivity contribution < 1.29 is 4.79 Å². The summed E-state index contributed by atoms with van der Waals surface area (Å²) in [7, 11) is 0. The van der Waals surface area contributed by atoms with Crippen LogP contribution in [0.5, 0.6) is 0 Å². The van der Waals surface area contributed by atoms with E-state index in [0.717, 1.165) is 24.9 Å². The van der Waals surface area contributed by atoms with Gasteiger partial charge in [-0.3, -0.25) is 0 Å². The van der Waals surface area contributed by atoms with Gasteiger partial charge in [0.1, 0.15) is 0 Å². The Hall–Kier alpha value is -2.29. The average molecular weight is 294 g/mol. The summed E-state index contributed by atoms with van der Waals surface area (Å²) in [5, 5.41) is 5.91. The SMILES string of the molecule is CCc1ccc(NC(=O)NCC2(c3ccccc3)CC2)cc1. The van der Waals surface area contributed by atoms with Crippen LogP contribution in [0.2, 0.25) is 0 Å². The van der Waals surface area contributed by atoms with Crippen molar-refractivity contribution in [3.05, 3.63) is 65.7 Å². The molecule has 3 heteroatoms. The smallest absolute Gasteiger partial charge is 0.319 e. The summed E-state index contributed by atoms with van der Waals surface area (Å²) in [6.45, 7) is 2.81. The molecule has 2 aromatic carbocycles. The molecule has 0 atom stereocenters. The molecule has 2 aromatic rings. The lowest BCUT2D eigenvalue weighted by Gasteiger charge is -2.17. The van der Waals surface area contributed by atoms with Crippen molar-refractivity contribution in [1.29, 1.82) is 0 Å². The summed E-state index contributed by atoms with van der Waals surface area (Å²) in [5.74, 6) is 0. The molecule has 0 aromatic heterocycles. The molecule has 0 unspecified atom stereocenters. The largest absolute Gasteiger partial charge is 0.337 e. The van der Waals surface area contributed by atoms with Gasteiger partial charge >= 0.3 is 6.03 Å². The van der Waals surface area contributed by atoms with Gasteiger partial charge in [0.25, 0.3) is 0 Å². The molecule has 0 radical (unpaired) electrons. The number of amides is 2. The van der Waals surface area contributed by atoms with Crippen LogP contribution in [0.1, 0.15) is 30.9 Å². The number of hydrogen-bond donors (Lipinski definition) is 2. The second kappa shape index (κ2) is 6.22. The van der Waals surface area contributed by atoms with Gasteiger partial charge in [0.2, 0.25) is 0 Å². The second-order valence-corrected chi connectivity index (χ2v) is 6.00. The van der Waals surface area contributed by atoms with Crippen LogP contribution in [-0.2, 0) is 11.8 Å². The molecular formula is C19H22N2O. The van der Waals surface area contributed by atoms with Crippen LogP contribution in [0.4, 0.5) is 10.5 Å². The number of carbonyl (C=O) groups excluding carboxylic acids is 1. The molecule has 1 saturated carbocycles. The zero-order valence-corrected chi connectivity index (χ0v) is 12.9. The molecule has 2 amide bonds. The highest BCUT2D eigenvalue weighted by molar-refractivity contribution is 5.89. The zero-order chi connectivity index (χ0) is 15.4. The molecule has 3 rings (SSSR count). The highest BCUT2D eigenvalue weighted by Gasteiger charge is 2.44. The maximum absolute atomic E-state index is 12.1. The van der Waals surface area contributed by atoms with E-state index in [0.29, 0.717) is 6.54 Å². The van der Waals surface area contributed by atoms with E-state index < -0.39 is 0 Å². The van der Waals surface area contributed by atoms with Crippen LogP contribution in [0, 0.1) is 0 Å². The molecule has 1 aliphatic rings. The minimum Gasteiger partial charge on any atom is -0.337 e. The van der Waals surface area contributed by atoms with E-state index >= 15 is 0 Å². The third kappa shape index (κ3) is 3.30. The summed E-state index contributed by atoms with van der Waals surface area (Å²) in [6.07, 6.45) is 3.29. The quantitative estimate of drug-likeness (QED) is 0.856. The maximum atomic E-state index is 12.1. The van der Waals surface area contributed by atoms with Gasteiger partial charge in [-0.2, -0.15) is 0 Å². The third-order valence-corrected chi connectivity index (χ3v) is 4.45. The molecule has 114 valence electrons. The van der Waals surface area contributed by atoms with E-state index in [9.17, 15) is 4.79 Å². The van der Waals surface area contributed by atoms with Crippen molar-refractivity contribution in [2.24, 2.45) is 0 Å². The van der Waals surface area contributed by atoms with E-state index in [1.807, 2.05) is 30.3 Å². The Balaban J connectivity index is 1.54. The lowest BCUT2D eigenvalue weighted by atomic mass is 9.96. The summed E-state index contributed by atoms with van der Waals surface area (Å²) in [5.41, 5.74) is 3.57. The van der Waals surface area contributed by atoms with Crippen LogP contribution in [-0.4, -0.2) is 12.6 Å². The first-order valence-electron chi connectivity index (χ1n) is 7.91. The van der Waals surface area contributed by atoms with E-state index in [1.165, 1.54) is 11.1 Å². The van der Waals surface area contributed by atoms with Crippen LogP contribution >= 0.6 is 0 Å². The summed E-state index contributed by atoms with van der Waals surface area (Å²) >= 11 is 0. The van der Waals surface area contributed by atoms with Crippen LogP contribution in [0.15, 0.2) is 54.6 Å². The molecule has 1 aliphatic carbocycles. The lowest BCUT2D eigenvalue weighted by molar-refractivity contribution is 0.251. The minimum atomic E-state index is -0.133. The van der Waals surface area contributed by atoms with E-state index in [4.69, 9.17) is 0 Å². The number of nitrogens with one attached hydrogen (secondary N) is 2. The van der Waals surface area contributed by atoms with Crippen molar-refractivity contribution >= 4 is 11.7 Å². The Kier molecular flexibility index (Phi) is 4.14. The predicted molar refractivity (Wildman–Crippen MR) is 90.2 cm³/mol. The topological polar surface area (TPSA) is 41.1 Å². The van der Waals surface area contributed by atoms with Crippen molar-refractivity contribution in [3.63, 3.8) is 0 Å². The Labute approximate surface area is 131 Å². The van der Waals surface area contributed by atoms with Gasteiger partial charge in [0.15, 0.2) is 0 Å². The first-order chi connectivity index (χ1) is 10.7. The maximum Gasteiger partial charge on any atom is 0.319 e. The lowest BCUT2D eigenvalue weighted by Crippen LogP contribution is -2.35. The Morgan fingerprint density at radius 1 is 1.05 bits per heavy atom. The minimum absolute atomic E-state index is 0.133. The van der Waals surface area contributed by atoms with Gasteiger partial charge in [-0.25, -0.2) is 4.79 Å². The average Bonchev–Trinajstić information content (AvgIpc) is 3.36. The molecule has 0 saturated heterocycles. The third-order valence-electron chi connectivity index (χ3n) is 4.45. The van der Waals surface area contributed by atoms with Gasteiger partial charge in [0, 0.05) is 17.6 Å². The van der Waals surface area contributed by atoms with E-state index in [-0.39, 0.29) is 11.4 Å². The Morgan fingerprint density at radius 2 is 1.73 bits per heavy atom. The van der Waals surface area contributed by atoms with Gasteiger partial charge in [0.05, 0.1) is 0 Å². The molecule has 22 heavy (non-hydrogen) atoms. The molecular weight excluding hydrogens is 272 g/mol. The number of urea groups is 1. The number of benzene rings is 2. The molecule has 0 aliphatic heterocycles. The summed E-state index contributed by atoms with van der Waals surface area (Å²) < 4.78 is 0. The highest BCUT2D eigenvalue weighted by Crippen LogP contribution is 2.47. The Bertz CT molecular complexity index is 630. The normalized spacial score (nSPS) is 15.1. The number of rotatable bonds is 5. The van der Waals surface area contributed by atoms with Gasteiger partial charge in [-0.1, -0.05) is 49.4 Å². The van der Waals surface area contributed by atoms with Gasteiger partial charge in [-0.15, -0.1) is 0 Å². The number of hydrogen-bond acceptors (Lipinski definition) is 1. The standard InChI is InChI=1S/C19H22N2O/c1-2-15-8-10-17(11-9-15)21-18(22)20-14-19(12-13-19)16-6-4-3-5-7-16/h3-11H,2,12-14H2,1H3,(H2,20,21,22). The molecule has 3 nitrogen and oxygen atoms in total. The van der Waals surface area contributed by atoms with Crippen LogP contribution in [0.3, 0.4) is 0 Å². The fraction of sp³-hybridized carbons (Fsp3) is 0.316.